The molecule has 0 spiro atoms. The van der Waals surface area contributed by atoms with Gasteiger partial charge in [0.05, 0.1) is 27.6 Å². The number of hydrogen-bond donors (Lipinski definition) is 0. The summed E-state index contributed by atoms with van der Waals surface area (Å²) in [5, 5.41) is 1.05. The number of fused-ring (bicyclic) bond motifs is 2. The number of Topliss-reactive ketones (excluding diaryl/α,β-unsaturated/α-hetero) is 1. The van der Waals surface area contributed by atoms with Gasteiger partial charge >= 0.3 is 0 Å². The summed E-state index contributed by atoms with van der Waals surface area (Å²) in [6.07, 6.45) is 0. The highest BCUT2D eigenvalue weighted by Crippen LogP contribution is 2.43. The number of nitrogens with zero attached hydrogens (tertiary/aromatic N) is 2. The maximum absolute atomic E-state index is 13.7. The lowest BCUT2D eigenvalue weighted by Crippen LogP contribution is -2.29. The highest BCUT2D eigenvalue weighted by molar-refractivity contribution is 7.17. The molecule has 1 aliphatic heterocycles. The highest BCUT2D eigenvalue weighted by atomic mass is 35.5. The van der Waals surface area contributed by atoms with E-state index < -0.39 is 11.9 Å². The van der Waals surface area contributed by atoms with Gasteiger partial charge in [0.15, 0.2) is 16.3 Å². The van der Waals surface area contributed by atoms with E-state index >= 15 is 0 Å². The number of amides is 1. The van der Waals surface area contributed by atoms with Crippen LogP contribution in [0.2, 0.25) is 5.02 Å². The van der Waals surface area contributed by atoms with Crippen molar-refractivity contribution in [2.75, 3.05) is 4.90 Å². The van der Waals surface area contributed by atoms with E-state index in [4.69, 9.17) is 16.0 Å². The number of halogens is 1. The molecule has 0 fully saturated rings. The van der Waals surface area contributed by atoms with Crippen LogP contribution in [0.15, 0.2) is 51.7 Å². The number of anilines is 1. The zero-order valence-electron chi connectivity index (χ0n) is 19.9. The first kappa shape index (κ1) is 23.5. The predicted molar refractivity (Wildman–Crippen MR) is 138 cm³/mol. The van der Waals surface area contributed by atoms with Gasteiger partial charge in [-0.25, -0.2) is 4.98 Å². The second-order valence-electron chi connectivity index (χ2n) is 9.73. The number of aryl methyl sites for hydroxylation is 1. The lowest BCUT2D eigenvalue weighted by Gasteiger charge is -2.24. The number of carbonyl (C=O) groups excluding carboxylic acids is 2. The summed E-state index contributed by atoms with van der Waals surface area (Å²) in [4.78, 5) is 46.0. The molecule has 0 aliphatic carbocycles. The smallest absolute Gasteiger partial charge is 0.297 e. The van der Waals surface area contributed by atoms with Crippen molar-refractivity contribution >= 4 is 50.7 Å². The van der Waals surface area contributed by atoms with Gasteiger partial charge < -0.3 is 4.42 Å². The Hall–Kier alpha value is -3.29. The molecule has 0 saturated heterocycles. The second-order valence-corrected chi connectivity index (χ2v) is 11.1. The van der Waals surface area contributed by atoms with Crippen molar-refractivity contribution in [1.82, 2.24) is 4.98 Å². The molecule has 2 aromatic heterocycles. The topological polar surface area (TPSA) is 80.5 Å². The predicted octanol–water partition coefficient (Wildman–Crippen LogP) is 6.46. The van der Waals surface area contributed by atoms with Crippen molar-refractivity contribution in [1.29, 1.82) is 0 Å². The van der Waals surface area contributed by atoms with Crippen molar-refractivity contribution in [3.63, 3.8) is 0 Å². The summed E-state index contributed by atoms with van der Waals surface area (Å²) < 4.78 is 5.98. The third-order valence-electron chi connectivity index (χ3n) is 6.24. The SMILES string of the molecule is CC(=O)c1sc(N2C(=O)c3oc4ccc(Cl)cc4c(=O)c3C2c2ccc(C(C)(C)C)cc2)nc1C. The minimum absolute atomic E-state index is 0.0213. The number of rotatable bonds is 3. The van der Waals surface area contributed by atoms with Gasteiger partial charge in [-0.05, 0) is 41.7 Å². The van der Waals surface area contributed by atoms with Gasteiger partial charge in [-0.3, -0.25) is 19.3 Å². The van der Waals surface area contributed by atoms with Crippen molar-refractivity contribution in [3.05, 3.63) is 90.7 Å². The number of carbonyl (C=O) groups is 2. The molecular weight excluding hydrogens is 484 g/mol. The minimum Gasteiger partial charge on any atom is -0.450 e. The van der Waals surface area contributed by atoms with E-state index in [1.54, 1.807) is 25.1 Å². The van der Waals surface area contributed by atoms with Crippen LogP contribution in [0.4, 0.5) is 5.13 Å². The molecule has 1 amide bonds. The Morgan fingerprint density at radius 1 is 1.11 bits per heavy atom. The number of ketones is 1. The summed E-state index contributed by atoms with van der Waals surface area (Å²) >= 11 is 7.30. The summed E-state index contributed by atoms with van der Waals surface area (Å²) in [6.45, 7) is 9.56. The molecule has 0 saturated carbocycles. The molecule has 6 nitrogen and oxygen atoms in total. The largest absolute Gasteiger partial charge is 0.450 e. The minimum atomic E-state index is -0.753. The van der Waals surface area contributed by atoms with Gasteiger partial charge in [0.1, 0.15) is 5.58 Å². The average Bonchev–Trinajstić information content (AvgIpc) is 3.31. The third kappa shape index (κ3) is 3.79. The van der Waals surface area contributed by atoms with Crippen molar-refractivity contribution in [3.8, 4) is 0 Å². The molecule has 178 valence electrons. The zero-order valence-corrected chi connectivity index (χ0v) is 21.5. The Balaban J connectivity index is 1.77. The molecule has 1 atom stereocenters. The Morgan fingerprint density at radius 3 is 2.40 bits per heavy atom. The monoisotopic (exact) mass is 506 g/mol. The van der Waals surface area contributed by atoms with E-state index in [1.165, 1.54) is 11.8 Å². The molecule has 0 bridgehead atoms. The Kier molecular flexibility index (Phi) is 5.45. The Bertz CT molecular complexity index is 1580. The van der Waals surface area contributed by atoms with Crippen molar-refractivity contribution in [2.24, 2.45) is 0 Å². The first-order valence-corrected chi connectivity index (χ1v) is 12.4. The molecule has 8 heteroatoms. The van der Waals surface area contributed by atoms with Crippen LogP contribution in [0.25, 0.3) is 11.0 Å². The number of benzene rings is 2. The van der Waals surface area contributed by atoms with Gasteiger partial charge in [-0.15, -0.1) is 0 Å². The molecule has 1 aliphatic rings. The molecule has 3 heterocycles. The fraction of sp³-hybridized carbons (Fsp3) is 0.259. The summed E-state index contributed by atoms with van der Waals surface area (Å²) in [6, 6.07) is 11.9. The molecule has 0 N–H and O–H groups in total. The zero-order chi connectivity index (χ0) is 25.2. The molecule has 4 aromatic rings. The van der Waals surface area contributed by atoms with Crippen LogP contribution in [0.3, 0.4) is 0 Å². The van der Waals surface area contributed by atoms with E-state index in [0.29, 0.717) is 26.1 Å². The number of aromatic nitrogens is 1. The van der Waals surface area contributed by atoms with Gasteiger partial charge in [-0.1, -0.05) is 68.0 Å². The Labute approximate surface area is 211 Å². The lowest BCUT2D eigenvalue weighted by molar-refractivity contribution is 0.0969. The first-order chi connectivity index (χ1) is 16.5. The maximum Gasteiger partial charge on any atom is 0.297 e. The van der Waals surface area contributed by atoms with Crippen LogP contribution >= 0.6 is 22.9 Å². The highest BCUT2D eigenvalue weighted by Gasteiger charge is 2.45. The van der Waals surface area contributed by atoms with E-state index in [0.717, 1.165) is 22.5 Å². The van der Waals surface area contributed by atoms with Gasteiger partial charge in [0, 0.05) is 11.9 Å². The molecule has 2 aromatic carbocycles. The number of hydrogen-bond acceptors (Lipinski definition) is 6. The first-order valence-electron chi connectivity index (χ1n) is 11.2. The van der Waals surface area contributed by atoms with Gasteiger partial charge in [0.25, 0.3) is 5.91 Å². The summed E-state index contributed by atoms with van der Waals surface area (Å²) in [5.74, 6) is -0.620. The fourth-order valence-electron chi connectivity index (χ4n) is 4.44. The van der Waals surface area contributed by atoms with Crippen LogP contribution in [-0.4, -0.2) is 16.7 Å². The van der Waals surface area contributed by atoms with Crippen molar-refractivity contribution in [2.45, 2.75) is 46.1 Å². The normalized spacial score (nSPS) is 15.7. The lowest BCUT2D eigenvalue weighted by atomic mass is 9.86. The summed E-state index contributed by atoms with van der Waals surface area (Å²) in [7, 11) is 0. The quantitative estimate of drug-likeness (QED) is 0.298. The van der Waals surface area contributed by atoms with Crippen molar-refractivity contribution < 1.29 is 14.0 Å². The van der Waals surface area contributed by atoms with Crippen LogP contribution < -0.4 is 10.3 Å². The fourth-order valence-corrected chi connectivity index (χ4v) is 5.60. The van der Waals surface area contributed by atoms with Crippen LogP contribution in [0, 0.1) is 6.92 Å². The average molecular weight is 507 g/mol. The van der Waals surface area contributed by atoms with Gasteiger partial charge in [0.2, 0.25) is 5.76 Å². The van der Waals surface area contributed by atoms with E-state index in [1.807, 2.05) is 24.3 Å². The van der Waals surface area contributed by atoms with E-state index in [-0.39, 0.29) is 33.5 Å². The molecule has 1 unspecified atom stereocenters. The third-order valence-corrected chi connectivity index (χ3v) is 7.73. The molecule has 5 rings (SSSR count). The maximum atomic E-state index is 13.7. The molecular formula is C27H23ClN2O4S. The Morgan fingerprint density at radius 2 is 1.80 bits per heavy atom. The van der Waals surface area contributed by atoms with Crippen LogP contribution in [0.5, 0.6) is 0 Å². The van der Waals surface area contributed by atoms with Gasteiger partial charge in [-0.2, -0.15) is 0 Å². The van der Waals surface area contributed by atoms with E-state index in [9.17, 15) is 14.4 Å². The van der Waals surface area contributed by atoms with Crippen LogP contribution in [-0.2, 0) is 5.41 Å². The number of thiazole rings is 1. The van der Waals surface area contributed by atoms with Crippen LogP contribution in [0.1, 0.15) is 76.3 Å². The second kappa shape index (κ2) is 8.14. The molecule has 0 radical (unpaired) electrons. The molecule has 35 heavy (non-hydrogen) atoms. The standard InChI is InChI=1S/C27H23ClN2O4S/c1-13-24(14(2)31)35-26(29-13)30-21(15-6-8-16(9-7-15)27(3,4)5)20-22(32)18-12-17(28)10-11-19(18)34-23(20)25(30)33/h6-12,21H,1-5H3. The van der Waals surface area contributed by atoms with E-state index in [2.05, 4.69) is 25.8 Å². The summed E-state index contributed by atoms with van der Waals surface area (Å²) in [5.41, 5.74) is 2.56.